The van der Waals surface area contributed by atoms with E-state index in [1.807, 2.05) is 0 Å². The zero-order valence-electron chi connectivity index (χ0n) is 10.5. The molecule has 104 valence electrons. The highest BCUT2D eigenvalue weighted by Crippen LogP contribution is 2.32. The Morgan fingerprint density at radius 1 is 1.35 bits per heavy atom. The fourth-order valence-corrected chi connectivity index (χ4v) is 1.93. The van der Waals surface area contributed by atoms with Crippen LogP contribution in [0, 0.1) is 0 Å². The summed E-state index contributed by atoms with van der Waals surface area (Å²) in [7, 11) is 1.43. The topological polar surface area (TPSA) is 65.5 Å². The number of carboxylic acid groups (broad SMARTS) is 1. The first-order valence-corrected chi connectivity index (χ1v) is 6.38. The van der Waals surface area contributed by atoms with Crippen molar-refractivity contribution in [3.63, 3.8) is 0 Å². The Labute approximate surface area is 125 Å². The second-order valence-corrected chi connectivity index (χ2v) is 4.81. The highest BCUT2D eigenvalue weighted by molar-refractivity contribution is 6.33. The standard InChI is InChI=1S/C13H11Cl2N3O2/c1-18(13(19)20)11-7-8(14)4-5-10(11)17-12-9(15)3-2-6-16-12/h2-7H,1H3,(H,16,17)(H,19,20). The Morgan fingerprint density at radius 3 is 2.75 bits per heavy atom. The lowest BCUT2D eigenvalue weighted by molar-refractivity contribution is 0.203. The van der Waals surface area contributed by atoms with Gasteiger partial charge in [0.25, 0.3) is 0 Å². The Bertz CT molecular complexity index is 649. The average Bonchev–Trinajstić information content (AvgIpc) is 2.42. The van der Waals surface area contributed by atoms with Crippen LogP contribution in [0.4, 0.5) is 22.0 Å². The predicted molar refractivity (Wildman–Crippen MR) is 80.4 cm³/mol. The zero-order chi connectivity index (χ0) is 14.7. The monoisotopic (exact) mass is 311 g/mol. The maximum Gasteiger partial charge on any atom is 0.411 e. The summed E-state index contributed by atoms with van der Waals surface area (Å²) in [5.74, 6) is 0.441. The number of anilines is 3. The van der Waals surface area contributed by atoms with E-state index < -0.39 is 6.09 Å². The first-order valence-electron chi connectivity index (χ1n) is 5.63. The van der Waals surface area contributed by atoms with E-state index in [4.69, 9.17) is 28.3 Å². The van der Waals surface area contributed by atoms with Crippen LogP contribution in [0.2, 0.25) is 10.0 Å². The molecule has 1 amide bonds. The summed E-state index contributed by atoms with van der Waals surface area (Å²) in [5, 5.41) is 13.0. The van der Waals surface area contributed by atoms with Gasteiger partial charge in [-0.1, -0.05) is 23.2 Å². The summed E-state index contributed by atoms with van der Waals surface area (Å²) in [4.78, 5) is 16.3. The number of halogens is 2. The third-order valence-electron chi connectivity index (χ3n) is 2.62. The minimum Gasteiger partial charge on any atom is -0.465 e. The molecule has 0 radical (unpaired) electrons. The molecule has 0 saturated carbocycles. The van der Waals surface area contributed by atoms with Crippen molar-refractivity contribution >= 4 is 46.5 Å². The van der Waals surface area contributed by atoms with Crippen LogP contribution in [0.25, 0.3) is 0 Å². The average molecular weight is 312 g/mol. The predicted octanol–water partition coefficient (Wildman–Crippen LogP) is 4.25. The highest BCUT2D eigenvalue weighted by Gasteiger charge is 2.15. The molecular weight excluding hydrogens is 301 g/mol. The van der Waals surface area contributed by atoms with Crippen molar-refractivity contribution in [1.29, 1.82) is 0 Å². The first kappa shape index (κ1) is 14.4. The second-order valence-electron chi connectivity index (χ2n) is 3.96. The van der Waals surface area contributed by atoms with Gasteiger partial charge in [-0.2, -0.15) is 0 Å². The Kier molecular flexibility index (Phi) is 4.32. The quantitative estimate of drug-likeness (QED) is 0.889. The smallest absolute Gasteiger partial charge is 0.411 e. The van der Waals surface area contributed by atoms with Crippen LogP contribution in [-0.2, 0) is 0 Å². The van der Waals surface area contributed by atoms with Crippen molar-refractivity contribution in [1.82, 2.24) is 4.98 Å². The van der Waals surface area contributed by atoms with Gasteiger partial charge >= 0.3 is 6.09 Å². The number of hydrogen-bond donors (Lipinski definition) is 2. The van der Waals surface area contributed by atoms with Gasteiger partial charge in [0, 0.05) is 18.3 Å². The van der Waals surface area contributed by atoms with E-state index in [1.165, 1.54) is 7.05 Å². The summed E-state index contributed by atoms with van der Waals surface area (Å²) in [5.41, 5.74) is 0.951. The van der Waals surface area contributed by atoms with Crippen molar-refractivity contribution < 1.29 is 9.90 Å². The molecule has 5 nitrogen and oxygen atoms in total. The SMILES string of the molecule is CN(C(=O)O)c1cc(Cl)ccc1Nc1ncccc1Cl. The number of amides is 1. The number of aromatic nitrogens is 1. The molecule has 20 heavy (non-hydrogen) atoms. The maximum atomic E-state index is 11.1. The van der Waals surface area contributed by atoms with Crippen molar-refractivity contribution in [2.75, 3.05) is 17.3 Å². The van der Waals surface area contributed by atoms with Crippen LogP contribution in [-0.4, -0.2) is 23.2 Å². The molecule has 0 saturated heterocycles. The number of hydrogen-bond acceptors (Lipinski definition) is 3. The van der Waals surface area contributed by atoms with Crippen molar-refractivity contribution in [2.45, 2.75) is 0 Å². The number of nitrogens with one attached hydrogen (secondary N) is 1. The van der Waals surface area contributed by atoms with E-state index in [0.717, 1.165) is 4.90 Å². The number of rotatable bonds is 3. The van der Waals surface area contributed by atoms with Crippen molar-refractivity contribution in [3.8, 4) is 0 Å². The van der Waals surface area contributed by atoms with Gasteiger partial charge in [0.05, 0.1) is 16.4 Å². The summed E-state index contributed by atoms with van der Waals surface area (Å²) < 4.78 is 0. The van der Waals surface area contributed by atoms with Crippen LogP contribution in [0.5, 0.6) is 0 Å². The molecule has 2 N–H and O–H groups in total. The van der Waals surface area contributed by atoms with E-state index >= 15 is 0 Å². The lowest BCUT2D eigenvalue weighted by Gasteiger charge is -2.19. The van der Waals surface area contributed by atoms with Gasteiger partial charge in [-0.25, -0.2) is 9.78 Å². The van der Waals surface area contributed by atoms with Gasteiger partial charge in [-0.15, -0.1) is 0 Å². The minimum atomic E-state index is -1.09. The molecular formula is C13H11Cl2N3O2. The summed E-state index contributed by atoms with van der Waals surface area (Å²) in [6.45, 7) is 0. The molecule has 7 heteroatoms. The number of pyridine rings is 1. The fourth-order valence-electron chi connectivity index (χ4n) is 1.60. The molecule has 0 aliphatic rings. The molecule has 0 aliphatic heterocycles. The highest BCUT2D eigenvalue weighted by atomic mass is 35.5. The molecule has 0 unspecified atom stereocenters. The first-order chi connectivity index (χ1) is 9.49. The van der Waals surface area contributed by atoms with Crippen LogP contribution in [0.3, 0.4) is 0 Å². The lowest BCUT2D eigenvalue weighted by Crippen LogP contribution is -2.24. The summed E-state index contributed by atoms with van der Waals surface area (Å²) in [6.07, 6.45) is 0.493. The van der Waals surface area contributed by atoms with Crippen LogP contribution < -0.4 is 10.2 Å². The van der Waals surface area contributed by atoms with Crippen LogP contribution in [0.15, 0.2) is 36.5 Å². The zero-order valence-corrected chi connectivity index (χ0v) is 12.0. The van der Waals surface area contributed by atoms with Crippen molar-refractivity contribution in [2.24, 2.45) is 0 Å². The van der Waals surface area contributed by atoms with Crippen LogP contribution >= 0.6 is 23.2 Å². The third-order valence-corrected chi connectivity index (χ3v) is 3.16. The second kappa shape index (κ2) is 5.98. The van der Waals surface area contributed by atoms with Gasteiger partial charge < -0.3 is 10.4 Å². The van der Waals surface area contributed by atoms with E-state index in [2.05, 4.69) is 10.3 Å². The molecule has 0 spiro atoms. The molecule has 0 fully saturated rings. The maximum absolute atomic E-state index is 11.1. The number of benzene rings is 1. The van der Waals surface area contributed by atoms with Gasteiger partial charge in [-0.05, 0) is 30.3 Å². The normalized spacial score (nSPS) is 10.2. The van der Waals surface area contributed by atoms with Gasteiger partial charge in [0.2, 0.25) is 0 Å². The Morgan fingerprint density at radius 2 is 2.10 bits per heavy atom. The molecule has 2 aromatic rings. The molecule has 0 bridgehead atoms. The summed E-state index contributed by atoms with van der Waals surface area (Å²) in [6, 6.07) is 8.27. The third kappa shape index (κ3) is 3.12. The molecule has 0 atom stereocenters. The van der Waals surface area contributed by atoms with Crippen molar-refractivity contribution in [3.05, 3.63) is 46.6 Å². The van der Waals surface area contributed by atoms with Crippen LogP contribution in [0.1, 0.15) is 0 Å². The summed E-state index contributed by atoms with van der Waals surface area (Å²) >= 11 is 11.9. The van der Waals surface area contributed by atoms with E-state index in [0.29, 0.717) is 27.2 Å². The molecule has 1 heterocycles. The number of nitrogens with zero attached hydrogens (tertiary/aromatic N) is 2. The molecule has 0 aliphatic carbocycles. The molecule has 1 aromatic carbocycles. The van der Waals surface area contributed by atoms with Gasteiger partial charge in [0.15, 0.2) is 0 Å². The van der Waals surface area contributed by atoms with E-state index in [1.54, 1.807) is 36.5 Å². The van der Waals surface area contributed by atoms with Gasteiger partial charge in [-0.3, -0.25) is 4.90 Å². The number of carbonyl (C=O) groups is 1. The molecule has 1 aromatic heterocycles. The Balaban J connectivity index is 2.42. The molecule has 2 rings (SSSR count). The fraction of sp³-hybridized carbons (Fsp3) is 0.0769. The van der Waals surface area contributed by atoms with E-state index in [-0.39, 0.29) is 0 Å². The Hall–Kier alpha value is -1.98. The lowest BCUT2D eigenvalue weighted by atomic mass is 10.2. The largest absolute Gasteiger partial charge is 0.465 e. The van der Waals surface area contributed by atoms with E-state index in [9.17, 15) is 4.79 Å². The van der Waals surface area contributed by atoms with Gasteiger partial charge in [0.1, 0.15) is 5.82 Å². The minimum absolute atomic E-state index is 0.409.